The molecule has 1 rings (SSSR count). The summed E-state index contributed by atoms with van der Waals surface area (Å²) >= 11 is 0. The zero-order valence-corrected chi connectivity index (χ0v) is 10.4. The van der Waals surface area contributed by atoms with Gasteiger partial charge in [0, 0.05) is 6.04 Å². The largest absolute Gasteiger partial charge is 0.480 e. The van der Waals surface area contributed by atoms with Crippen LogP contribution in [0.2, 0.25) is 0 Å². The Kier molecular flexibility index (Phi) is 4.91. The smallest absolute Gasteiger partial charge is 0.328 e. The Labute approximate surface area is 104 Å². The number of aliphatic hydroxyl groups is 1. The van der Waals surface area contributed by atoms with E-state index in [9.17, 15) is 18.0 Å². The summed E-state index contributed by atoms with van der Waals surface area (Å²) in [6.07, 6.45) is 0.999. The van der Waals surface area contributed by atoms with Crippen LogP contribution in [0.1, 0.15) is 12.8 Å². The number of aliphatic carboxylic acids is 1. The predicted molar refractivity (Wildman–Crippen MR) is 61.9 cm³/mol. The lowest BCUT2D eigenvalue weighted by Crippen LogP contribution is -2.52. The molecule has 1 saturated heterocycles. The van der Waals surface area contributed by atoms with Gasteiger partial charge in [0.15, 0.2) is 15.9 Å². The quantitative estimate of drug-likeness (QED) is 0.485. The maximum atomic E-state index is 11.4. The van der Waals surface area contributed by atoms with E-state index < -0.39 is 40.5 Å². The number of carboxylic acids is 1. The zero-order chi connectivity index (χ0) is 13.8. The number of hydrogen-bond donors (Lipinski definition) is 4. The Morgan fingerprint density at radius 3 is 2.56 bits per heavy atom. The molecule has 0 saturated carbocycles. The van der Waals surface area contributed by atoms with Crippen LogP contribution in [0.4, 0.5) is 4.79 Å². The van der Waals surface area contributed by atoms with Crippen molar-refractivity contribution in [2.45, 2.75) is 24.9 Å². The summed E-state index contributed by atoms with van der Waals surface area (Å²) in [5.41, 5.74) is 0. The second kappa shape index (κ2) is 6.01. The van der Waals surface area contributed by atoms with Crippen molar-refractivity contribution in [1.82, 2.24) is 10.6 Å². The Morgan fingerprint density at radius 2 is 2.06 bits per heavy atom. The minimum Gasteiger partial charge on any atom is -0.480 e. The molecule has 9 heteroatoms. The van der Waals surface area contributed by atoms with Gasteiger partial charge in [-0.1, -0.05) is 0 Å². The summed E-state index contributed by atoms with van der Waals surface area (Å²) in [6, 6.07) is -2.71. The number of hydrogen-bond acceptors (Lipinski definition) is 5. The van der Waals surface area contributed by atoms with Crippen molar-refractivity contribution in [1.29, 1.82) is 0 Å². The molecule has 0 radical (unpaired) electrons. The first-order chi connectivity index (χ1) is 8.34. The van der Waals surface area contributed by atoms with Crippen molar-refractivity contribution in [3.8, 4) is 0 Å². The SMILES string of the molecule is O=C(NC1CCCS(=O)(=O)C1)N[C@H](CO)C(=O)O. The Hall–Kier alpha value is -1.35. The molecule has 4 N–H and O–H groups in total. The van der Waals surface area contributed by atoms with E-state index in [4.69, 9.17) is 10.2 Å². The number of nitrogens with one attached hydrogen (secondary N) is 2. The molecule has 0 aromatic carbocycles. The Balaban J connectivity index is 2.47. The van der Waals surface area contributed by atoms with Crippen LogP contribution in [0, 0.1) is 0 Å². The highest BCUT2D eigenvalue weighted by Crippen LogP contribution is 2.11. The molecule has 2 amide bonds. The summed E-state index contributed by atoms with van der Waals surface area (Å²) < 4.78 is 22.6. The summed E-state index contributed by atoms with van der Waals surface area (Å²) in [5.74, 6) is -1.39. The molecule has 2 atom stereocenters. The molecule has 0 aromatic heterocycles. The molecule has 1 aliphatic heterocycles. The van der Waals surface area contributed by atoms with Gasteiger partial charge in [0.25, 0.3) is 0 Å². The fourth-order valence-corrected chi connectivity index (χ4v) is 3.34. The van der Waals surface area contributed by atoms with E-state index in [-0.39, 0.29) is 11.5 Å². The monoisotopic (exact) mass is 280 g/mol. The van der Waals surface area contributed by atoms with Crippen molar-refractivity contribution in [2.24, 2.45) is 0 Å². The van der Waals surface area contributed by atoms with E-state index in [1.54, 1.807) is 0 Å². The standard InChI is InChI=1S/C9H16N2O6S/c12-4-7(8(13)14)11-9(15)10-6-2-1-3-18(16,17)5-6/h6-7,12H,1-5H2,(H,13,14)(H2,10,11,15)/t6?,7-/m1/s1. The Morgan fingerprint density at radius 1 is 1.39 bits per heavy atom. The van der Waals surface area contributed by atoms with Crippen molar-refractivity contribution in [2.75, 3.05) is 18.1 Å². The average molecular weight is 280 g/mol. The van der Waals surface area contributed by atoms with E-state index in [0.717, 1.165) is 0 Å². The van der Waals surface area contributed by atoms with E-state index in [2.05, 4.69) is 5.32 Å². The van der Waals surface area contributed by atoms with Gasteiger partial charge >= 0.3 is 12.0 Å². The fraction of sp³-hybridized carbons (Fsp3) is 0.778. The number of carboxylic acid groups (broad SMARTS) is 1. The van der Waals surface area contributed by atoms with Crippen LogP contribution < -0.4 is 10.6 Å². The van der Waals surface area contributed by atoms with Gasteiger partial charge in [0.2, 0.25) is 0 Å². The molecule has 0 bridgehead atoms. The molecule has 1 aliphatic rings. The van der Waals surface area contributed by atoms with Gasteiger partial charge in [0.1, 0.15) is 0 Å². The zero-order valence-electron chi connectivity index (χ0n) is 9.63. The van der Waals surface area contributed by atoms with Crippen LogP contribution in [0.3, 0.4) is 0 Å². The first-order valence-corrected chi connectivity index (χ1v) is 7.27. The fourth-order valence-electron chi connectivity index (χ4n) is 1.71. The van der Waals surface area contributed by atoms with Crippen molar-refractivity contribution < 1.29 is 28.2 Å². The minimum absolute atomic E-state index is 0.112. The number of carbonyl (C=O) groups excluding carboxylic acids is 1. The van der Waals surface area contributed by atoms with E-state index >= 15 is 0 Å². The first-order valence-electron chi connectivity index (χ1n) is 5.45. The normalized spacial score (nSPS) is 23.9. The van der Waals surface area contributed by atoms with E-state index in [0.29, 0.717) is 12.8 Å². The van der Waals surface area contributed by atoms with Crippen LogP contribution in [0.5, 0.6) is 0 Å². The summed E-state index contributed by atoms with van der Waals surface area (Å²) in [6.45, 7) is -0.730. The number of carbonyl (C=O) groups is 2. The number of rotatable bonds is 4. The van der Waals surface area contributed by atoms with Gasteiger partial charge in [0.05, 0.1) is 18.1 Å². The molecule has 1 unspecified atom stereocenters. The van der Waals surface area contributed by atoms with Crippen molar-refractivity contribution in [3.05, 3.63) is 0 Å². The van der Waals surface area contributed by atoms with Crippen LogP contribution in [0.15, 0.2) is 0 Å². The second-order valence-corrected chi connectivity index (χ2v) is 6.37. The molecule has 18 heavy (non-hydrogen) atoms. The van der Waals surface area contributed by atoms with E-state index in [1.807, 2.05) is 5.32 Å². The molecule has 8 nitrogen and oxygen atoms in total. The maximum Gasteiger partial charge on any atom is 0.328 e. The third-order valence-corrected chi connectivity index (χ3v) is 4.41. The van der Waals surface area contributed by atoms with Gasteiger partial charge in [-0.15, -0.1) is 0 Å². The number of urea groups is 1. The lowest BCUT2D eigenvalue weighted by atomic mass is 10.2. The molecule has 1 heterocycles. The third kappa shape index (κ3) is 4.49. The topological polar surface area (TPSA) is 133 Å². The van der Waals surface area contributed by atoms with Crippen LogP contribution in [-0.4, -0.2) is 60.8 Å². The predicted octanol–water partition coefficient (Wildman–Crippen LogP) is -1.69. The molecule has 0 aromatic rings. The van der Waals surface area contributed by atoms with Crippen molar-refractivity contribution >= 4 is 21.8 Å². The molecule has 104 valence electrons. The summed E-state index contributed by atoms with van der Waals surface area (Å²) in [7, 11) is -3.14. The molecular weight excluding hydrogens is 264 g/mol. The van der Waals surface area contributed by atoms with Gasteiger partial charge in [-0.3, -0.25) is 0 Å². The number of sulfone groups is 1. The first kappa shape index (κ1) is 14.7. The minimum atomic E-state index is -3.14. The molecule has 0 aliphatic carbocycles. The number of aliphatic hydroxyl groups excluding tert-OH is 1. The highest BCUT2D eigenvalue weighted by atomic mass is 32.2. The van der Waals surface area contributed by atoms with Crippen LogP contribution in [-0.2, 0) is 14.6 Å². The van der Waals surface area contributed by atoms with Crippen LogP contribution in [0.25, 0.3) is 0 Å². The molecule has 1 fully saturated rings. The second-order valence-electron chi connectivity index (χ2n) is 4.14. The maximum absolute atomic E-state index is 11.4. The molecular formula is C9H16N2O6S. The Bertz CT molecular complexity index is 421. The lowest BCUT2D eigenvalue weighted by molar-refractivity contribution is -0.140. The van der Waals surface area contributed by atoms with Gasteiger partial charge < -0.3 is 20.8 Å². The summed E-state index contributed by atoms with van der Waals surface area (Å²) in [4.78, 5) is 22.0. The van der Waals surface area contributed by atoms with Crippen molar-refractivity contribution in [3.63, 3.8) is 0 Å². The van der Waals surface area contributed by atoms with Gasteiger partial charge in [-0.2, -0.15) is 0 Å². The average Bonchev–Trinajstić information content (AvgIpc) is 2.23. The number of amides is 2. The summed E-state index contributed by atoms with van der Waals surface area (Å²) in [5, 5.41) is 21.8. The lowest BCUT2D eigenvalue weighted by Gasteiger charge is -2.23. The molecule has 0 spiro atoms. The highest BCUT2D eigenvalue weighted by Gasteiger charge is 2.27. The van der Waals surface area contributed by atoms with Gasteiger partial charge in [-0.25, -0.2) is 18.0 Å². The highest BCUT2D eigenvalue weighted by molar-refractivity contribution is 7.91. The third-order valence-electron chi connectivity index (χ3n) is 2.58. The van der Waals surface area contributed by atoms with Gasteiger partial charge in [-0.05, 0) is 12.8 Å². The van der Waals surface area contributed by atoms with E-state index in [1.165, 1.54) is 0 Å². The van der Waals surface area contributed by atoms with Crippen LogP contribution >= 0.6 is 0 Å².